The minimum absolute atomic E-state index is 0.0900. The summed E-state index contributed by atoms with van der Waals surface area (Å²) in [6, 6.07) is 16.0. The van der Waals surface area contributed by atoms with Gasteiger partial charge in [0.15, 0.2) is 11.5 Å². The molecule has 0 spiro atoms. The Morgan fingerprint density at radius 1 is 0.692 bits per heavy atom. The first kappa shape index (κ1) is 17.5. The summed E-state index contributed by atoms with van der Waals surface area (Å²) >= 11 is 0. The molecule has 0 heterocycles. The van der Waals surface area contributed by atoms with Gasteiger partial charge < -0.3 is 20.9 Å². The minimum Gasteiger partial charge on any atom is -0.453 e. The van der Waals surface area contributed by atoms with Gasteiger partial charge in [-0.2, -0.15) is 13.2 Å². The number of hydrogen-bond donors (Lipinski definition) is 2. The Hall–Kier alpha value is -3.35. The number of alkyl halides is 3. The molecule has 0 aliphatic heterocycles. The fourth-order valence-corrected chi connectivity index (χ4v) is 2.33. The highest BCUT2D eigenvalue weighted by atomic mass is 19.4. The molecule has 4 nitrogen and oxygen atoms in total. The first-order chi connectivity index (χ1) is 12.3. The lowest BCUT2D eigenvalue weighted by atomic mass is 10.1. The van der Waals surface area contributed by atoms with E-state index in [0.29, 0.717) is 17.1 Å². The molecule has 0 unspecified atom stereocenters. The van der Waals surface area contributed by atoms with Crippen LogP contribution in [0.4, 0.5) is 24.5 Å². The molecule has 0 aliphatic carbocycles. The van der Waals surface area contributed by atoms with Crippen LogP contribution in [0.25, 0.3) is 0 Å². The van der Waals surface area contributed by atoms with E-state index in [1.165, 1.54) is 30.3 Å². The van der Waals surface area contributed by atoms with Crippen LogP contribution < -0.4 is 20.9 Å². The van der Waals surface area contributed by atoms with Crippen LogP contribution in [0.2, 0.25) is 0 Å². The van der Waals surface area contributed by atoms with Crippen molar-refractivity contribution in [3.8, 4) is 23.0 Å². The molecular formula is C19H15F3N2O2. The molecule has 0 aliphatic rings. The summed E-state index contributed by atoms with van der Waals surface area (Å²) in [5, 5.41) is 0. The maximum absolute atomic E-state index is 13.4. The molecule has 0 aromatic heterocycles. The van der Waals surface area contributed by atoms with E-state index in [0.717, 1.165) is 6.07 Å². The summed E-state index contributed by atoms with van der Waals surface area (Å²) in [5.74, 6) is -0.0817. The van der Waals surface area contributed by atoms with E-state index < -0.39 is 17.5 Å². The smallest absolute Gasteiger partial charge is 0.420 e. The van der Waals surface area contributed by atoms with Crippen molar-refractivity contribution in [2.45, 2.75) is 6.18 Å². The van der Waals surface area contributed by atoms with Gasteiger partial charge in [-0.05, 0) is 36.4 Å². The van der Waals surface area contributed by atoms with Gasteiger partial charge in [0.25, 0.3) is 0 Å². The molecule has 7 heteroatoms. The number of benzene rings is 3. The fraction of sp³-hybridized carbons (Fsp3) is 0.0526. The van der Waals surface area contributed by atoms with Gasteiger partial charge in [0.1, 0.15) is 17.1 Å². The Kier molecular flexibility index (Phi) is 4.62. The van der Waals surface area contributed by atoms with Crippen molar-refractivity contribution in [3.05, 3.63) is 72.3 Å². The second kappa shape index (κ2) is 6.87. The van der Waals surface area contributed by atoms with Gasteiger partial charge in [0.2, 0.25) is 0 Å². The summed E-state index contributed by atoms with van der Waals surface area (Å²) in [6.45, 7) is 0. The summed E-state index contributed by atoms with van der Waals surface area (Å²) in [7, 11) is 0. The zero-order chi connectivity index (χ0) is 18.7. The first-order valence-corrected chi connectivity index (χ1v) is 7.60. The predicted molar refractivity (Wildman–Crippen MR) is 93.3 cm³/mol. The molecular weight excluding hydrogens is 345 g/mol. The third kappa shape index (κ3) is 4.00. The van der Waals surface area contributed by atoms with Crippen molar-refractivity contribution in [2.75, 3.05) is 11.5 Å². The monoisotopic (exact) mass is 360 g/mol. The Morgan fingerprint density at radius 3 is 1.77 bits per heavy atom. The summed E-state index contributed by atoms with van der Waals surface area (Å²) in [4.78, 5) is 0. The van der Waals surface area contributed by atoms with E-state index in [-0.39, 0.29) is 11.5 Å². The van der Waals surface area contributed by atoms with Gasteiger partial charge in [-0.1, -0.05) is 18.2 Å². The van der Waals surface area contributed by atoms with Gasteiger partial charge in [-0.3, -0.25) is 0 Å². The van der Waals surface area contributed by atoms with Crippen LogP contribution in [0, 0.1) is 0 Å². The van der Waals surface area contributed by atoms with Gasteiger partial charge in [0.05, 0.1) is 0 Å². The molecule has 3 rings (SSSR count). The quantitative estimate of drug-likeness (QED) is 0.607. The molecule has 4 N–H and O–H groups in total. The number of rotatable bonds is 4. The van der Waals surface area contributed by atoms with Crippen molar-refractivity contribution >= 4 is 11.4 Å². The van der Waals surface area contributed by atoms with Crippen LogP contribution in [-0.2, 0) is 6.18 Å². The molecule has 0 bridgehead atoms. The Balaban J connectivity index is 2.06. The van der Waals surface area contributed by atoms with Crippen molar-refractivity contribution in [1.82, 2.24) is 0 Å². The van der Waals surface area contributed by atoms with Crippen molar-refractivity contribution < 1.29 is 22.6 Å². The lowest BCUT2D eigenvalue weighted by Crippen LogP contribution is -2.08. The van der Waals surface area contributed by atoms with Crippen LogP contribution >= 0.6 is 0 Å². The summed E-state index contributed by atoms with van der Waals surface area (Å²) in [6.07, 6.45) is -4.62. The van der Waals surface area contributed by atoms with Crippen molar-refractivity contribution in [2.24, 2.45) is 0 Å². The van der Waals surface area contributed by atoms with Gasteiger partial charge in [0, 0.05) is 23.5 Å². The van der Waals surface area contributed by atoms with Crippen LogP contribution in [0.1, 0.15) is 5.56 Å². The number of hydrogen-bond acceptors (Lipinski definition) is 4. The SMILES string of the molecule is Nc1cccc(Oc2cccc(C(F)(F)F)c2Oc2cccc(N)c2)c1. The number of nitrogens with two attached hydrogens (primary N) is 2. The molecule has 3 aromatic rings. The highest BCUT2D eigenvalue weighted by Gasteiger charge is 2.36. The average Bonchev–Trinajstić information content (AvgIpc) is 2.55. The molecule has 0 atom stereocenters. The largest absolute Gasteiger partial charge is 0.453 e. The highest BCUT2D eigenvalue weighted by molar-refractivity contribution is 5.54. The second-order valence-electron chi connectivity index (χ2n) is 5.48. The molecule has 0 saturated heterocycles. The van der Waals surface area contributed by atoms with E-state index in [2.05, 4.69) is 0 Å². The molecule has 3 aromatic carbocycles. The molecule has 134 valence electrons. The van der Waals surface area contributed by atoms with Gasteiger partial charge >= 0.3 is 6.18 Å². The maximum atomic E-state index is 13.4. The van der Waals surface area contributed by atoms with E-state index in [9.17, 15) is 13.2 Å². The van der Waals surface area contributed by atoms with Crippen molar-refractivity contribution in [3.63, 3.8) is 0 Å². The number of anilines is 2. The first-order valence-electron chi connectivity index (χ1n) is 7.60. The summed E-state index contributed by atoms with van der Waals surface area (Å²) < 4.78 is 51.4. The topological polar surface area (TPSA) is 70.5 Å². The van der Waals surface area contributed by atoms with Crippen LogP contribution in [0.15, 0.2) is 66.7 Å². The average molecular weight is 360 g/mol. The zero-order valence-corrected chi connectivity index (χ0v) is 13.5. The third-order valence-corrected chi connectivity index (χ3v) is 3.45. The zero-order valence-electron chi connectivity index (χ0n) is 13.5. The summed E-state index contributed by atoms with van der Waals surface area (Å²) in [5.41, 5.74) is 11.2. The van der Waals surface area contributed by atoms with Crippen LogP contribution in [0.3, 0.4) is 0 Å². The lowest BCUT2D eigenvalue weighted by molar-refractivity contribution is -0.138. The van der Waals surface area contributed by atoms with Gasteiger partial charge in [-0.25, -0.2) is 0 Å². The van der Waals surface area contributed by atoms with E-state index in [4.69, 9.17) is 20.9 Å². The Morgan fingerprint density at radius 2 is 1.23 bits per heavy atom. The molecule has 0 radical (unpaired) electrons. The number of halogens is 3. The molecule has 0 saturated carbocycles. The van der Waals surface area contributed by atoms with Gasteiger partial charge in [-0.15, -0.1) is 0 Å². The predicted octanol–water partition coefficient (Wildman–Crippen LogP) is 5.45. The Labute approximate surface area is 147 Å². The number of para-hydroxylation sites is 1. The fourth-order valence-electron chi connectivity index (χ4n) is 2.33. The molecule has 26 heavy (non-hydrogen) atoms. The second-order valence-corrected chi connectivity index (χ2v) is 5.48. The van der Waals surface area contributed by atoms with Crippen molar-refractivity contribution in [1.29, 1.82) is 0 Å². The normalized spacial score (nSPS) is 11.2. The molecule has 0 fully saturated rings. The highest BCUT2D eigenvalue weighted by Crippen LogP contribution is 2.45. The molecule has 0 amide bonds. The van der Waals surface area contributed by atoms with E-state index in [1.54, 1.807) is 30.3 Å². The Bertz CT molecular complexity index is 927. The number of nitrogen functional groups attached to an aromatic ring is 2. The number of ether oxygens (including phenoxy) is 2. The van der Waals surface area contributed by atoms with E-state index >= 15 is 0 Å². The van der Waals surface area contributed by atoms with Crippen LogP contribution in [0.5, 0.6) is 23.0 Å². The standard InChI is InChI=1S/C19H15F3N2O2/c20-19(21,22)16-8-3-9-17(25-14-6-1-4-12(23)10-14)18(16)26-15-7-2-5-13(24)11-15/h1-11H,23-24H2. The third-order valence-electron chi connectivity index (χ3n) is 3.45. The minimum atomic E-state index is -4.62. The van der Waals surface area contributed by atoms with E-state index in [1.807, 2.05) is 0 Å². The van der Waals surface area contributed by atoms with Crippen LogP contribution in [-0.4, -0.2) is 0 Å². The maximum Gasteiger partial charge on any atom is 0.420 e. The lowest BCUT2D eigenvalue weighted by Gasteiger charge is -2.18.